The maximum atomic E-state index is 12.7. The Labute approximate surface area is 127 Å². The van der Waals surface area contributed by atoms with E-state index in [9.17, 15) is 4.79 Å². The van der Waals surface area contributed by atoms with Crippen LogP contribution in [0.4, 0.5) is 0 Å². The Kier molecular flexibility index (Phi) is 3.74. The summed E-state index contributed by atoms with van der Waals surface area (Å²) in [7, 11) is 0. The van der Waals surface area contributed by atoms with Gasteiger partial charge in [0.25, 0.3) is 0 Å². The van der Waals surface area contributed by atoms with E-state index in [1.165, 1.54) is 17.5 Å². The Morgan fingerprint density at radius 2 is 2.15 bits per heavy atom. The summed E-state index contributed by atoms with van der Waals surface area (Å²) in [6, 6.07) is 6.10. The van der Waals surface area contributed by atoms with Gasteiger partial charge in [0.15, 0.2) is 0 Å². The predicted molar refractivity (Wildman–Crippen MR) is 82.1 cm³/mol. The molecule has 0 N–H and O–H groups in total. The average Bonchev–Trinajstić information content (AvgIpc) is 3.04. The third-order valence-corrected chi connectivity index (χ3v) is 4.39. The quantitative estimate of drug-likeness (QED) is 0.798. The Morgan fingerprint density at radius 1 is 1.35 bits per heavy atom. The molecule has 0 unspecified atom stereocenters. The molecule has 1 aromatic carbocycles. The van der Waals surface area contributed by atoms with Gasteiger partial charge in [-0.25, -0.2) is 0 Å². The van der Waals surface area contributed by atoms with E-state index in [1.54, 1.807) is 10.9 Å². The number of hydrogen-bond acceptors (Lipinski definition) is 2. The molecular weight excluding hydrogens is 316 g/mol. The van der Waals surface area contributed by atoms with Gasteiger partial charge in [-0.05, 0) is 58.8 Å². The number of fused-ring (bicyclic) bond motifs is 1. The molecule has 1 heterocycles. The number of aryl methyl sites for hydroxylation is 3. The van der Waals surface area contributed by atoms with Gasteiger partial charge >= 0.3 is 0 Å². The molecule has 1 aromatic heterocycles. The van der Waals surface area contributed by atoms with Gasteiger partial charge in [-0.3, -0.25) is 9.48 Å². The molecule has 0 radical (unpaired) electrons. The third-order valence-electron chi connectivity index (χ3n) is 3.81. The van der Waals surface area contributed by atoms with Gasteiger partial charge in [0.1, 0.15) is 5.69 Å². The molecule has 104 valence electrons. The molecule has 0 bridgehead atoms. The molecule has 0 fully saturated rings. The molecule has 0 atom stereocenters. The zero-order valence-electron chi connectivity index (χ0n) is 11.5. The van der Waals surface area contributed by atoms with E-state index >= 15 is 0 Å². The van der Waals surface area contributed by atoms with Crippen LogP contribution in [0.1, 0.15) is 46.9 Å². The van der Waals surface area contributed by atoms with Crippen molar-refractivity contribution in [3.8, 4) is 0 Å². The zero-order valence-corrected chi connectivity index (χ0v) is 13.1. The lowest BCUT2D eigenvalue weighted by atomic mass is 10.0. The van der Waals surface area contributed by atoms with Crippen LogP contribution in [-0.2, 0) is 19.4 Å². The van der Waals surface area contributed by atoms with Crippen LogP contribution < -0.4 is 0 Å². The summed E-state index contributed by atoms with van der Waals surface area (Å²) in [6.07, 6.45) is 6.09. The van der Waals surface area contributed by atoms with Gasteiger partial charge in [-0.15, -0.1) is 0 Å². The topological polar surface area (TPSA) is 34.9 Å². The van der Waals surface area contributed by atoms with Gasteiger partial charge in [0.05, 0.1) is 10.7 Å². The summed E-state index contributed by atoms with van der Waals surface area (Å²) in [5, 5.41) is 4.27. The number of ketones is 1. The lowest BCUT2D eigenvalue weighted by Crippen LogP contribution is -2.12. The van der Waals surface area contributed by atoms with Crippen molar-refractivity contribution in [1.82, 2.24) is 9.78 Å². The van der Waals surface area contributed by atoms with Gasteiger partial charge in [0, 0.05) is 12.1 Å². The van der Waals surface area contributed by atoms with E-state index in [1.807, 2.05) is 6.07 Å². The smallest absolute Gasteiger partial charge is 0.212 e. The van der Waals surface area contributed by atoms with E-state index in [0.717, 1.165) is 35.8 Å². The minimum atomic E-state index is 0.0533. The Morgan fingerprint density at radius 3 is 2.95 bits per heavy atom. The van der Waals surface area contributed by atoms with E-state index in [4.69, 9.17) is 0 Å². The summed E-state index contributed by atoms with van der Waals surface area (Å²) >= 11 is 3.44. The zero-order chi connectivity index (χ0) is 14.1. The first kappa shape index (κ1) is 13.6. The lowest BCUT2D eigenvalue weighted by Gasteiger charge is -2.08. The number of aromatic nitrogens is 2. The van der Waals surface area contributed by atoms with Crippen LogP contribution in [0.2, 0.25) is 0 Å². The molecule has 3 rings (SSSR count). The summed E-state index contributed by atoms with van der Waals surface area (Å²) in [6.45, 7) is 2.84. The lowest BCUT2D eigenvalue weighted by molar-refractivity contribution is 0.102. The van der Waals surface area contributed by atoms with E-state index in [2.05, 4.69) is 40.1 Å². The minimum absolute atomic E-state index is 0.0533. The normalized spacial score (nSPS) is 13.5. The molecule has 0 saturated carbocycles. The van der Waals surface area contributed by atoms with Gasteiger partial charge in [-0.2, -0.15) is 5.10 Å². The highest BCUT2D eigenvalue weighted by molar-refractivity contribution is 9.10. The SMILES string of the molecule is CCCn1ncc(Br)c1C(=O)c1ccc2c(c1)CCC2. The molecule has 0 amide bonds. The molecule has 1 aliphatic carbocycles. The van der Waals surface area contributed by atoms with Gasteiger partial charge in [-0.1, -0.05) is 19.1 Å². The molecule has 0 aliphatic heterocycles. The largest absolute Gasteiger partial charge is 0.287 e. The molecule has 4 heteroatoms. The highest BCUT2D eigenvalue weighted by Crippen LogP contribution is 2.26. The first-order valence-electron chi connectivity index (χ1n) is 7.08. The van der Waals surface area contributed by atoms with Crippen molar-refractivity contribution in [2.45, 2.75) is 39.2 Å². The second-order valence-corrected chi connectivity index (χ2v) is 6.08. The maximum Gasteiger partial charge on any atom is 0.212 e. The number of nitrogens with zero attached hydrogens (tertiary/aromatic N) is 2. The Balaban J connectivity index is 1.98. The second-order valence-electron chi connectivity index (χ2n) is 5.23. The van der Waals surface area contributed by atoms with Crippen molar-refractivity contribution >= 4 is 21.7 Å². The fourth-order valence-corrected chi connectivity index (χ4v) is 3.30. The molecule has 1 aliphatic rings. The highest BCUT2D eigenvalue weighted by Gasteiger charge is 2.20. The summed E-state index contributed by atoms with van der Waals surface area (Å²) in [5.41, 5.74) is 4.14. The van der Waals surface area contributed by atoms with E-state index in [0.29, 0.717) is 5.69 Å². The number of rotatable bonds is 4. The second kappa shape index (κ2) is 5.52. The van der Waals surface area contributed by atoms with Crippen molar-refractivity contribution < 1.29 is 4.79 Å². The number of halogens is 1. The Hall–Kier alpha value is -1.42. The standard InChI is InChI=1S/C16H17BrN2O/c1-2-8-19-15(14(17)10-18-19)16(20)13-7-6-11-4-3-5-12(11)9-13/h6-7,9-10H,2-5,8H2,1H3. The van der Waals surface area contributed by atoms with Gasteiger partial charge < -0.3 is 0 Å². The molecule has 0 saturated heterocycles. The van der Waals surface area contributed by atoms with Crippen LogP contribution in [0.3, 0.4) is 0 Å². The summed E-state index contributed by atoms with van der Waals surface area (Å²) < 4.78 is 2.57. The molecule has 3 nitrogen and oxygen atoms in total. The number of carbonyl (C=O) groups excluding carboxylic acids is 1. The van der Waals surface area contributed by atoms with Crippen molar-refractivity contribution in [2.24, 2.45) is 0 Å². The molecule has 20 heavy (non-hydrogen) atoms. The van der Waals surface area contributed by atoms with Crippen LogP contribution in [-0.4, -0.2) is 15.6 Å². The van der Waals surface area contributed by atoms with Crippen LogP contribution in [0.5, 0.6) is 0 Å². The monoisotopic (exact) mass is 332 g/mol. The number of hydrogen-bond donors (Lipinski definition) is 0. The van der Waals surface area contributed by atoms with Crippen LogP contribution in [0, 0.1) is 0 Å². The van der Waals surface area contributed by atoms with E-state index < -0.39 is 0 Å². The van der Waals surface area contributed by atoms with E-state index in [-0.39, 0.29) is 5.78 Å². The fraction of sp³-hybridized carbons (Fsp3) is 0.375. The highest BCUT2D eigenvalue weighted by atomic mass is 79.9. The van der Waals surface area contributed by atoms with Crippen molar-refractivity contribution in [3.63, 3.8) is 0 Å². The third kappa shape index (κ3) is 2.33. The number of benzene rings is 1. The Bertz CT molecular complexity index is 660. The fourth-order valence-electron chi connectivity index (χ4n) is 2.82. The average molecular weight is 333 g/mol. The first-order chi connectivity index (χ1) is 9.70. The van der Waals surface area contributed by atoms with Crippen molar-refractivity contribution in [3.05, 3.63) is 51.3 Å². The van der Waals surface area contributed by atoms with Gasteiger partial charge in [0.2, 0.25) is 5.78 Å². The first-order valence-corrected chi connectivity index (χ1v) is 7.88. The summed E-state index contributed by atoms with van der Waals surface area (Å²) in [5.74, 6) is 0.0533. The molecule has 0 spiro atoms. The minimum Gasteiger partial charge on any atom is -0.287 e. The van der Waals surface area contributed by atoms with Crippen LogP contribution in [0.15, 0.2) is 28.9 Å². The van der Waals surface area contributed by atoms with Crippen molar-refractivity contribution in [2.75, 3.05) is 0 Å². The molecule has 2 aromatic rings. The maximum absolute atomic E-state index is 12.7. The van der Waals surface area contributed by atoms with Crippen molar-refractivity contribution in [1.29, 1.82) is 0 Å². The summed E-state index contributed by atoms with van der Waals surface area (Å²) in [4.78, 5) is 12.7. The molecular formula is C16H17BrN2O. The van der Waals surface area contributed by atoms with Crippen LogP contribution in [0.25, 0.3) is 0 Å². The number of carbonyl (C=O) groups is 1. The van der Waals surface area contributed by atoms with Crippen LogP contribution >= 0.6 is 15.9 Å². The predicted octanol–water partition coefficient (Wildman–Crippen LogP) is 3.78.